The molecule has 1 N–H and O–H groups in total. The number of benzene rings is 1. The van der Waals surface area contributed by atoms with Crippen LogP contribution < -0.4 is 5.32 Å². The van der Waals surface area contributed by atoms with Crippen molar-refractivity contribution in [3.05, 3.63) is 59.3 Å². The first-order valence-corrected chi connectivity index (χ1v) is 8.63. The number of rotatable bonds is 4. The van der Waals surface area contributed by atoms with Crippen molar-refractivity contribution in [3.63, 3.8) is 0 Å². The summed E-state index contributed by atoms with van der Waals surface area (Å²) in [5, 5.41) is 15.0. The normalized spacial score (nSPS) is 15.5. The molecule has 1 aliphatic rings. The first-order chi connectivity index (χ1) is 13.1. The monoisotopic (exact) mass is 401 g/mol. The summed E-state index contributed by atoms with van der Waals surface area (Å²) in [6.45, 7) is 5.81. The third-order valence-corrected chi connectivity index (χ3v) is 4.53. The van der Waals surface area contributed by atoms with Gasteiger partial charge in [0.05, 0.1) is 17.9 Å². The summed E-state index contributed by atoms with van der Waals surface area (Å²) in [4.78, 5) is 17.1. The van der Waals surface area contributed by atoms with Gasteiger partial charge >= 0.3 is 5.97 Å². The average molecular weight is 402 g/mol. The Morgan fingerprint density at radius 1 is 1.29 bits per heavy atom. The number of tetrazole rings is 1. The summed E-state index contributed by atoms with van der Waals surface area (Å²) in [7, 11) is 0. The molecule has 3 heterocycles. The van der Waals surface area contributed by atoms with Crippen molar-refractivity contribution in [2.75, 3.05) is 11.9 Å². The molecule has 9 nitrogen and oxygen atoms in total. The Balaban J connectivity index is 0.00000225. The summed E-state index contributed by atoms with van der Waals surface area (Å²) in [5.41, 5.74) is 2.91. The second kappa shape index (κ2) is 7.81. The van der Waals surface area contributed by atoms with E-state index in [1.807, 2.05) is 48.9 Å². The van der Waals surface area contributed by atoms with E-state index in [2.05, 4.69) is 25.8 Å². The Kier molecular flexibility index (Phi) is 5.46. The summed E-state index contributed by atoms with van der Waals surface area (Å²) < 4.78 is 8.88. The van der Waals surface area contributed by atoms with Crippen molar-refractivity contribution in [2.45, 2.75) is 26.8 Å². The molecule has 0 aliphatic carbocycles. The van der Waals surface area contributed by atoms with Crippen molar-refractivity contribution >= 4 is 24.3 Å². The minimum atomic E-state index is -0.520. The predicted molar refractivity (Wildman–Crippen MR) is 104 cm³/mol. The van der Waals surface area contributed by atoms with Gasteiger partial charge < -0.3 is 14.6 Å². The zero-order valence-electron chi connectivity index (χ0n) is 15.7. The van der Waals surface area contributed by atoms with E-state index >= 15 is 0 Å². The number of fused-ring (bicyclic) bond motifs is 1. The Bertz CT molecular complexity index is 1040. The number of carbonyl (C=O) groups excluding carboxylic acids is 1. The number of imidazole rings is 1. The zero-order valence-corrected chi connectivity index (χ0v) is 16.5. The van der Waals surface area contributed by atoms with Gasteiger partial charge in [-0.1, -0.05) is 23.3 Å². The van der Waals surface area contributed by atoms with E-state index in [9.17, 15) is 4.79 Å². The molecule has 1 atom stereocenters. The number of aromatic nitrogens is 6. The van der Waals surface area contributed by atoms with Crippen LogP contribution in [-0.4, -0.2) is 42.3 Å². The van der Waals surface area contributed by atoms with E-state index in [1.54, 1.807) is 17.8 Å². The van der Waals surface area contributed by atoms with Crippen LogP contribution in [0.3, 0.4) is 0 Å². The predicted octanol–water partition coefficient (Wildman–Crippen LogP) is 2.44. The summed E-state index contributed by atoms with van der Waals surface area (Å²) >= 11 is 0. The number of nitrogens with zero attached hydrogens (tertiary/aromatic N) is 6. The van der Waals surface area contributed by atoms with Gasteiger partial charge in [-0.05, 0) is 37.3 Å². The zero-order chi connectivity index (χ0) is 19.0. The fourth-order valence-corrected chi connectivity index (χ4v) is 3.34. The highest BCUT2D eigenvalue weighted by molar-refractivity contribution is 5.92. The second-order valence-corrected chi connectivity index (χ2v) is 6.14. The molecule has 2 aromatic heterocycles. The lowest BCUT2D eigenvalue weighted by atomic mass is 9.94. The minimum Gasteiger partial charge on any atom is -0.463 e. The largest absolute Gasteiger partial charge is 0.463 e. The lowest BCUT2D eigenvalue weighted by molar-refractivity contribution is -0.139. The quantitative estimate of drug-likeness (QED) is 0.670. The maximum absolute atomic E-state index is 12.8. The van der Waals surface area contributed by atoms with Gasteiger partial charge in [-0.3, -0.25) is 0 Å². The summed E-state index contributed by atoms with van der Waals surface area (Å²) in [6, 6.07) is 7.29. The highest BCUT2D eigenvalue weighted by atomic mass is 35.5. The van der Waals surface area contributed by atoms with Crippen molar-refractivity contribution in [1.29, 1.82) is 0 Å². The van der Waals surface area contributed by atoms with Crippen molar-refractivity contribution < 1.29 is 9.53 Å². The van der Waals surface area contributed by atoms with Gasteiger partial charge in [0.25, 0.3) is 0 Å². The number of para-hydroxylation sites is 1. The van der Waals surface area contributed by atoms with Crippen LogP contribution >= 0.6 is 12.4 Å². The van der Waals surface area contributed by atoms with Gasteiger partial charge in [0, 0.05) is 23.7 Å². The van der Waals surface area contributed by atoms with Crippen LogP contribution in [0, 0.1) is 6.92 Å². The molecule has 0 saturated heterocycles. The first kappa shape index (κ1) is 19.6. The number of nitrogens with one attached hydrogen (secondary N) is 1. The maximum Gasteiger partial charge on any atom is 0.338 e. The molecule has 0 fully saturated rings. The van der Waals surface area contributed by atoms with E-state index < -0.39 is 12.0 Å². The van der Waals surface area contributed by atoms with Gasteiger partial charge in [0.1, 0.15) is 11.9 Å². The number of anilines is 1. The van der Waals surface area contributed by atoms with Crippen molar-refractivity contribution in [1.82, 2.24) is 29.8 Å². The van der Waals surface area contributed by atoms with Crippen LogP contribution in [0.1, 0.15) is 31.3 Å². The summed E-state index contributed by atoms with van der Waals surface area (Å²) in [5.74, 6) is 0.917. The third kappa shape index (κ3) is 3.13. The Hall–Kier alpha value is -3.20. The van der Waals surface area contributed by atoms with Gasteiger partial charge in [-0.15, -0.1) is 12.4 Å². The Morgan fingerprint density at radius 3 is 2.79 bits per heavy atom. The highest BCUT2D eigenvalue weighted by Crippen LogP contribution is 2.37. The third-order valence-electron chi connectivity index (χ3n) is 4.53. The molecule has 0 spiro atoms. The van der Waals surface area contributed by atoms with Gasteiger partial charge in [0.15, 0.2) is 0 Å². The standard InChI is InChI=1S/C18H19N7O2.ClH/c1-4-27-17(26)15-11(2)20-18-21-22-23-25(18)16(15)13-7-5-6-8-14(13)24-10-9-19-12(24)3;/h5-10,16H,4H2,1-3H3,(H,20,21,23);1H. The molecule has 0 bridgehead atoms. The van der Waals surface area contributed by atoms with Gasteiger partial charge in [0.2, 0.25) is 5.95 Å². The number of allylic oxidation sites excluding steroid dienone is 1. The molecular weight excluding hydrogens is 382 g/mol. The molecule has 4 rings (SSSR count). The van der Waals surface area contributed by atoms with Crippen LogP contribution in [0.25, 0.3) is 5.69 Å². The van der Waals surface area contributed by atoms with E-state index in [1.165, 1.54) is 0 Å². The Labute approximate surface area is 167 Å². The SMILES string of the molecule is CCOC(=O)C1=C(C)Nc2nnnn2C1c1ccccc1-n1ccnc1C.Cl. The smallest absolute Gasteiger partial charge is 0.338 e. The van der Waals surface area contributed by atoms with E-state index in [-0.39, 0.29) is 19.0 Å². The molecule has 28 heavy (non-hydrogen) atoms. The number of aryl methyl sites for hydroxylation is 1. The lowest BCUT2D eigenvalue weighted by Gasteiger charge is -2.28. The molecule has 1 aliphatic heterocycles. The molecular formula is C18H20ClN7O2. The highest BCUT2D eigenvalue weighted by Gasteiger charge is 2.36. The molecule has 3 aromatic rings. The number of esters is 1. The fraction of sp³-hybridized carbons (Fsp3) is 0.278. The number of hydrogen-bond donors (Lipinski definition) is 1. The number of ether oxygens (including phenoxy) is 1. The number of carbonyl (C=O) groups is 1. The average Bonchev–Trinajstić information content (AvgIpc) is 3.29. The van der Waals surface area contributed by atoms with Gasteiger partial charge in [-0.2, -0.15) is 4.68 Å². The van der Waals surface area contributed by atoms with Crippen molar-refractivity contribution in [2.24, 2.45) is 0 Å². The van der Waals surface area contributed by atoms with Crippen molar-refractivity contribution in [3.8, 4) is 5.69 Å². The summed E-state index contributed by atoms with van der Waals surface area (Å²) in [6.07, 6.45) is 3.63. The lowest BCUT2D eigenvalue weighted by Crippen LogP contribution is -2.30. The Morgan fingerprint density at radius 2 is 2.07 bits per heavy atom. The number of hydrogen-bond acceptors (Lipinski definition) is 7. The molecule has 0 amide bonds. The van der Waals surface area contributed by atoms with Crippen LogP contribution in [0.4, 0.5) is 5.95 Å². The second-order valence-electron chi connectivity index (χ2n) is 6.14. The minimum absolute atomic E-state index is 0. The first-order valence-electron chi connectivity index (χ1n) is 8.63. The fourth-order valence-electron chi connectivity index (χ4n) is 3.34. The molecule has 0 saturated carbocycles. The van der Waals surface area contributed by atoms with Crippen LogP contribution in [0.5, 0.6) is 0 Å². The van der Waals surface area contributed by atoms with E-state index in [0.29, 0.717) is 17.2 Å². The molecule has 0 radical (unpaired) electrons. The van der Waals surface area contributed by atoms with Gasteiger partial charge in [-0.25, -0.2) is 9.78 Å². The molecule has 10 heteroatoms. The van der Waals surface area contributed by atoms with Crippen LogP contribution in [0.15, 0.2) is 47.9 Å². The number of halogens is 1. The van der Waals surface area contributed by atoms with Crippen LogP contribution in [0.2, 0.25) is 0 Å². The maximum atomic E-state index is 12.8. The van der Waals surface area contributed by atoms with Crippen LogP contribution in [-0.2, 0) is 9.53 Å². The molecule has 1 unspecified atom stereocenters. The van der Waals surface area contributed by atoms with E-state index in [0.717, 1.165) is 17.1 Å². The van der Waals surface area contributed by atoms with E-state index in [4.69, 9.17) is 4.74 Å². The molecule has 1 aromatic carbocycles. The molecule has 146 valence electrons. The topological polar surface area (TPSA) is 99.8 Å².